The number of carbonyl (C=O) groups excluding carboxylic acids is 1. The predicted octanol–water partition coefficient (Wildman–Crippen LogP) is 2.43. The zero-order chi connectivity index (χ0) is 15.8. The van der Waals surface area contributed by atoms with Crippen LogP contribution in [-0.2, 0) is 9.53 Å². The molecule has 4 heteroatoms. The molecule has 0 aromatic heterocycles. The number of carbonyl (C=O) groups is 1. The van der Waals surface area contributed by atoms with Crippen molar-refractivity contribution in [3.05, 3.63) is 0 Å². The number of nitrogens with zero attached hydrogens (tertiary/aromatic N) is 1. The lowest BCUT2D eigenvalue weighted by Gasteiger charge is -2.38. The predicted molar refractivity (Wildman–Crippen MR) is 90.1 cm³/mol. The van der Waals surface area contributed by atoms with E-state index < -0.39 is 0 Å². The van der Waals surface area contributed by atoms with Gasteiger partial charge < -0.3 is 15.0 Å². The van der Waals surface area contributed by atoms with E-state index >= 15 is 0 Å². The summed E-state index contributed by atoms with van der Waals surface area (Å²) < 4.78 is 5.02. The number of fused-ring (bicyclic) bond motifs is 5. The number of hydrogen-bond acceptors (Lipinski definition) is 3. The molecule has 4 fully saturated rings. The highest BCUT2D eigenvalue weighted by Crippen LogP contribution is 2.58. The van der Waals surface area contributed by atoms with Gasteiger partial charge in [0.2, 0.25) is 5.91 Å². The Balaban J connectivity index is 1.24. The minimum absolute atomic E-state index is 0.263. The van der Waals surface area contributed by atoms with E-state index in [2.05, 4.69) is 5.32 Å². The van der Waals surface area contributed by atoms with Crippen molar-refractivity contribution in [3.8, 4) is 0 Å². The van der Waals surface area contributed by atoms with Crippen LogP contribution in [0.1, 0.15) is 51.4 Å². The van der Waals surface area contributed by atoms with Gasteiger partial charge >= 0.3 is 0 Å². The number of rotatable bonds is 5. The Morgan fingerprint density at radius 3 is 2.65 bits per heavy atom. The molecule has 1 saturated heterocycles. The van der Waals surface area contributed by atoms with Crippen LogP contribution >= 0.6 is 0 Å². The Morgan fingerprint density at radius 1 is 1.09 bits per heavy atom. The summed E-state index contributed by atoms with van der Waals surface area (Å²) in [5.74, 6) is 4.38. The molecular formula is C19H32N2O2. The lowest BCUT2D eigenvalue weighted by atomic mass is 9.78. The maximum absolute atomic E-state index is 12.1. The van der Waals surface area contributed by atoms with Gasteiger partial charge in [-0.1, -0.05) is 6.42 Å². The minimum Gasteiger partial charge on any atom is -0.384 e. The molecule has 5 atom stereocenters. The highest BCUT2D eigenvalue weighted by atomic mass is 16.5. The second kappa shape index (κ2) is 6.72. The summed E-state index contributed by atoms with van der Waals surface area (Å²) in [6.45, 7) is 2.39. The standard InChI is InChI=1S/C19H32N2O2/c1-23-10-7-19(22)21-8-5-14(6-9-21)20-18-12-13-11-17(18)16-4-2-3-15(13)16/h13-18,20H,2-12H2,1H3/t13-,15+,16-,17+,18-/m1/s1. The molecule has 23 heavy (non-hydrogen) atoms. The summed E-state index contributed by atoms with van der Waals surface area (Å²) in [4.78, 5) is 14.1. The molecule has 0 radical (unpaired) electrons. The van der Waals surface area contributed by atoms with Crippen molar-refractivity contribution in [1.82, 2.24) is 10.2 Å². The van der Waals surface area contributed by atoms with Gasteiger partial charge in [-0.25, -0.2) is 0 Å². The summed E-state index contributed by atoms with van der Waals surface area (Å²) in [6, 6.07) is 1.41. The first-order chi connectivity index (χ1) is 11.3. The number of likely N-dealkylation sites (tertiary alicyclic amines) is 1. The van der Waals surface area contributed by atoms with Gasteiger partial charge in [-0.2, -0.15) is 0 Å². The topological polar surface area (TPSA) is 41.6 Å². The van der Waals surface area contributed by atoms with Crippen molar-refractivity contribution >= 4 is 5.91 Å². The summed E-state index contributed by atoms with van der Waals surface area (Å²) in [5, 5.41) is 4.00. The Labute approximate surface area is 140 Å². The molecule has 1 aliphatic heterocycles. The van der Waals surface area contributed by atoms with Crippen molar-refractivity contribution in [2.24, 2.45) is 23.7 Å². The summed E-state index contributed by atoms with van der Waals surface area (Å²) in [6.07, 6.45) is 10.2. The minimum atomic E-state index is 0.263. The van der Waals surface area contributed by atoms with Crippen LogP contribution in [0.3, 0.4) is 0 Å². The van der Waals surface area contributed by atoms with E-state index in [1.165, 1.54) is 32.1 Å². The monoisotopic (exact) mass is 320 g/mol. The second-order valence-corrected chi connectivity index (χ2v) is 8.32. The molecular weight excluding hydrogens is 288 g/mol. The fourth-order valence-corrected chi connectivity index (χ4v) is 6.21. The SMILES string of the molecule is COCCC(=O)N1CCC(N[C@@H]2C[C@H]3C[C@H]2[C@@H]2CCC[C@@H]32)CC1. The van der Waals surface area contributed by atoms with E-state index in [9.17, 15) is 4.79 Å². The van der Waals surface area contributed by atoms with Crippen LogP contribution in [0.25, 0.3) is 0 Å². The Bertz CT molecular complexity index is 433. The molecule has 2 bridgehead atoms. The Kier molecular flexibility index (Phi) is 4.64. The van der Waals surface area contributed by atoms with Crippen molar-refractivity contribution in [1.29, 1.82) is 0 Å². The van der Waals surface area contributed by atoms with E-state index in [4.69, 9.17) is 4.74 Å². The third-order valence-corrected chi connectivity index (χ3v) is 7.25. The van der Waals surface area contributed by atoms with E-state index in [1.54, 1.807) is 7.11 Å². The van der Waals surface area contributed by atoms with Gasteiger partial charge in [0.15, 0.2) is 0 Å². The second-order valence-electron chi connectivity index (χ2n) is 8.32. The first-order valence-corrected chi connectivity index (χ1v) is 9.79. The van der Waals surface area contributed by atoms with Gasteiger partial charge in [0, 0.05) is 32.3 Å². The summed E-state index contributed by atoms with van der Waals surface area (Å²) in [7, 11) is 1.66. The van der Waals surface area contributed by atoms with Crippen LogP contribution in [0.2, 0.25) is 0 Å². The molecule has 1 heterocycles. The van der Waals surface area contributed by atoms with Crippen molar-refractivity contribution in [3.63, 3.8) is 0 Å². The number of ether oxygens (including phenoxy) is 1. The number of hydrogen-bond donors (Lipinski definition) is 1. The molecule has 4 rings (SSSR count). The third kappa shape index (κ3) is 3.05. The van der Waals surface area contributed by atoms with Crippen LogP contribution in [0.5, 0.6) is 0 Å². The van der Waals surface area contributed by atoms with Gasteiger partial charge in [0.05, 0.1) is 13.0 Å². The molecule has 4 aliphatic rings. The lowest BCUT2D eigenvalue weighted by molar-refractivity contribution is -0.133. The average molecular weight is 320 g/mol. The molecule has 0 aromatic carbocycles. The quantitative estimate of drug-likeness (QED) is 0.846. The molecule has 4 nitrogen and oxygen atoms in total. The highest BCUT2D eigenvalue weighted by molar-refractivity contribution is 5.76. The normalized spacial score (nSPS) is 39.9. The molecule has 130 valence electrons. The number of methoxy groups -OCH3 is 1. The lowest BCUT2D eigenvalue weighted by Crippen LogP contribution is -2.50. The smallest absolute Gasteiger partial charge is 0.224 e. The maximum atomic E-state index is 12.1. The van der Waals surface area contributed by atoms with Crippen molar-refractivity contribution in [2.45, 2.75) is 63.5 Å². The van der Waals surface area contributed by atoms with E-state index in [1.807, 2.05) is 4.90 Å². The Hall–Kier alpha value is -0.610. The molecule has 0 aromatic rings. The van der Waals surface area contributed by atoms with Crippen molar-refractivity contribution in [2.75, 3.05) is 26.8 Å². The highest BCUT2D eigenvalue weighted by Gasteiger charge is 2.53. The first kappa shape index (κ1) is 15.9. The van der Waals surface area contributed by atoms with E-state index in [0.29, 0.717) is 19.1 Å². The zero-order valence-corrected chi connectivity index (χ0v) is 14.5. The van der Waals surface area contributed by atoms with Crippen LogP contribution in [0.4, 0.5) is 0 Å². The number of piperidine rings is 1. The third-order valence-electron chi connectivity index (χ3n) is 7.25. The van der Waals surface area contributed by atoms with Crippen LogP contribution in [-0.4, -0.2) is 49.7 Å². The molecule has 0 spiro atoms. The summed E-state index contributed by atoms with van der Waals surface area (Å²) >= 11 is 0. The fraction of sp³-hybridized carbons (Fsp3) is 0.947. The molecule has 1 N–H and O–H groups in total. The number of nitrogens with one attached hydrogen (secondary N) is 1. The average Bonchev–Trinajstić information content (AvgIpc) is 3.26. The van der Waals surface area contributed by atoms with Crippen LogP contribution < -0.4 is 5.32 Å². The maximum Gasteiger partial charge on any atom is 0.224 e. The van der Waals surface area contributed by atoms with E-state index in [0.717, 1.165) is 55.6 Å². The van der Waals surface area contributed by atoms with Gasteiger partial charge in [0.1, 0.15) is 0 Å². The largest absolute Gasteiger partial charge is 0.384 e. The van der Waals surface area contributed by atoms with Gasteiger partial charge in [-0.3, -0.25) is 4.79 Å². The van der Waals surface area contributed by atoms with E-state index in [-0.39, 0.29) is 5.91 Å². The molecule has 1 amide bonds. The van der Waals surface area contributed by atoms with Gasteiger partial charge in [-0.05, 0) is 62.2 Å². The fourth-order valence-electron chi connectivity index (χ4n) is 6.21. The Morgan fingerprint density at radius 2 is 1.87 bits per heavy atom. The molecule has 3 saturated carbocycles. The zero-order valence-electron chi connectivity index (χ0n) is 14.5. The molecule has 0 unspecified atom stereocenters. The van der Waals surface area contributed by atoms with Crippen molar-refractivity contribution < 1.29 is 9.53 Å². The molecule has 3 aliphatic carbocycles. The summed E-state index contributed by atoms with van der Waals surface area (Å²) in [5.41, 5.74) is 0. The van der Waals surface area contributed by atoms with Gasteiger partial charge in [0.25, 0.3) is 0 Å². The first-order valence-electron chi connectivity index (χ1n) is 9.79. The number of amides is 1. The van der Waals surface area contributed by atoms with Gasteiger partial charge in [-0.15, -0.1) is 0 Å². The van der Waals surface area contributed by atoms with Crippen LogP contribution in [0, 0.1) is 23.7 Å². The van der Waals surface area contributed by atoms with Crippen LogP contribution in [0.15, 0.2) is 0 Å².